The average Bonchev–Trinajstić information content (AvgIpc) is 2.91. The van der Waals surface area contributed by atoms with Crippen LogP contribution in [0.15, 0.2) is 27.2 Å². The average molecular weight is 422 g/mol. The van der Waals surface area contributed by atoms with E-state index in [4.69, 9.17) is 9.26 Å². The van der Waals surface area contributed by atoms with E-state index in [1.165, 1.54) is 6.07 Å². The summed E-state index contributed by atoms with van der Waals surface area (Å²) in [6.45, 7) is 5.13. The number of ether oxygens (including phenoxy) is 1. The molecule has 25 heavy (non-hydrogen) atoms. The van der Waals surface area contributed by atoms with Crippen molar-refractivity contribution >= 4 is 22.0 Å². The van der Waals surface area contributed by atoms with Crippen LogP contribution < -0.4 is 5.32 Å². The van der Waals surface area contributed by atoms with Crippen LogP contribution in [0.4, 0.5) is 18.0 Å². The van der Waals surface area contributed by atoms with Crippen LogP contribution in [0.3, 0.4) is 0 Å². The van der Waals surface area contributed by atoms with Crippen LogP contribution in [0.2, 0.25) is 0 Å². The summed E-state index contributed by atoms with van der Waals surface area (Å²) in [5.41, 5.74) is -1.13. The zero-order valence-corrected chi connectivity index (χ0v) is 15.2. The third-order valence-corrected chi connectivity index (χ3v) is 3.44. The van der Waals surface area contributed by atoms with Crippen LogP contribution in [0, 0.1) is 0 Å². The van der Waals surface area contributed by atoms with Gasteiger partial charge in [0.25, 0.3) is 5.89 Å². The molecule has 0 bridgehead atoms. The summed E-state index contributed by atoms with van der Waals surface area (Å²) < 4.78 is 48.3. The summed E-state index contributed by atoms with van der Waals surface area (Å²) >= 11 is 3.06. The fourth-order valence-corrected chi connectivity index (χ4v) is 2.31. The van der Waals surface area contributed by atoms with E-state index in [0.717, 1.165) is 12.1 Å². The molecule has 0 aliphatic heterocycles. The summed E-state index contributed by atoms with van der Waals surface area (Å²) in [7, 11) is 0. The maximum atomic E-state index is 12.7. The molecule has 1 amide bonds. The van der Waals surface area contributed by atoms with Crippen LogP contribution in [-0.4, -0.2) is 21.8 Å². The smallest absolute Gasteiger partial charge is 0.416 e. The lowest BCUT2D eigenvalue weighted by atomic mass is 10.1. The lowest BCUT2D eigenvalue weighted by Gasteiger charge is -2.19. The van der Waals surface area contributed by atoms with Gasteiger partial charge in [-0.05, 0) is 54.9 Å². The lowest BCUT2D eigenvalue weighted by molar-refractivity contribution is -0.137. The zero-order valence-electron chi connectivity index (χ0n) is 13.6. The molecule has 0 radical (unpaired) electrons. The van der Waals surface area contributed by atoms with Gasteiger partial charge in [-0.15, -0.1) is 0 Å². The Hall–Kier alpha value is -2.10. The van der Waals surface area contributed by atoms with Gasteiger partial charge in [-0.3, -0.25) is 0 Å². The third kappa shape index (κ3) is 5.45. The topological polar surface area (TPSA) is 77.2 Å². The highest BCUT2D eigenvalue weighted by Crippen LogP contribution is 2.35. The first-order valence-electron chi connectivity index (χ1n) is 7.12. The molecular formula is C15H15BrF3N3O3. The summed E-state index contributed by atoms with van der Waals surface area (Å²) in [6, 6.07) is 3.08. The predicted octanol–water partition coefficient (Wildman–Crippen LogP) is 4.54. The molecule has 0 saturated heterocycles. The second-order valence-electron chi connectivity index (χ2n) is 6.06. The molecule has 1 aromatic carbocycles. The van der Waals surface area contributed by atoms with E-state index in [1.54, 1.807) is 20.8 Å². The molecule has 0 fully saturated rings. The Bertz CT molecular complexity index is 769. The number of rotatable bonds is 3. The van der Waals surface area contributed by atoms with Crippen molar-refractivity contribution < 1.29 is 27.2 Å². The number of aromatic nitrogens is 2. The first-order valence-corrected chi connectivity index (χ1v) is 7.91. The van der Waals surface area contributed by atoms with Crippen LogP contribution in [0.1, 0.15) is 32.2 Å². The molecule has 1 aromatic heterocycles. The van der Waals surface area contributed by atoms with Gasteiger partial charge in [0.05, 0.1) is 17.7 Å². The molecule has 1 N–H and O–H groups in total. The van der Waals surface area contributed by atoms with Crippen molar-refractivity contribution in [3.05, 3.63) is 34.1 Å². The number of nitrogens with one attached hydrogen (secondary N) is 1. The molecule has 1 heterocycles. The number of alkyl halides is 3. The molecule has 2 rings (SSSR count). The van der Waals surface area contributed by atoms with Gasteiger partial charge in [0.1, 0.15) is 5.60 Å². The van der Waals surface area contributed by atoms with Gasteiger partial charge in [0.15, 0.2) is 5.82 Å². The Labute approximate surface area is 149 Å². The molecule has 0 aliphatic rings. The highest BCUT2D eigenvalue weighted by molar-refractivity contribution is 9.10. The van der Waals surface area contributed by atoms with Gasteiger partial charge < -0.3 is 14.6 Å². The highest BCUT2D eigenvalue weighted by atomic mass is 79.9. The molecule has 0 aliphatic carbocycles. The Morgan fingerprint density at radius 2 is 2.00 bits per heavy atom. The van der Waals surface area contributed by atoms with E-state index in [-0.39, 0.29) is 22.7 Å². The summed E-state index contributed by atoms with van der Waals surface area (Å²) in [4.78, 5) is 15.6. The molecule has 0 spiro atoms. The van der Waals surface area contributed by atoms with Crippen molar-refractivity contribution in [1.29, 1.82) is 0 Å². The fourth-order valence-electron chi connectivity index (χ4n) is 1.77. The lowest BCUT2D eigenvalue weighted by Crippen LogP contribution is -2.32. The van der Waals surface area contributed by atoms with Gasteiger partial charge in [-0.2, -0.15) is 18.2 Å². The van der Waals surface area contributed by atoms with Crippen molar-refractivity contribution in [2.24, 2.45) is 0 Å². The monoisotopic (exact) mass is 421 g/mol. The minimum atomic E-state index is -4.45. The molecule has 136 valence electrons. The summed E-state index contributed by atoms with van der Waals surface area (Å²) in [5.74, 6) is 0.189. The van der Waals surface area contributed by atoms with Gasteiger partial charge in [-0.25, -0.2) is 4.79 Å². The molecule has 2 aromatic rings. The number of carbonyl (C=O) groups excluding carboxylic acids is 1. The van der Waals surface area contributed by atoms with Crippen LogP contribution in [0.5, 0.6) is 0 Å². The summed E-state index contributed by atoms with van der Waals surface area (Å²) in [6.07, 6.45) is -5.09. The Kier molecular flexibility index (Phi) is 5.40. The molecule has 10 heteroatoms. The van der Waals surface area contributed by atoms with E-state index < -0.39 is 23.4 Å². The number of hydrogen-bond acceptors (Lipinski definition) is 5. The molecular weight excluding hydrogens is 407 g/mol. The highest BCUT2D eigenvalue weighted by Gasteiger charge is 2.31. The van der Waals surface area contributed by atoms with Crippen LogP contribution in [-0.2, 0) is 17.5 Å². The molecule has 0 atom stereocenters. The minimum absolute atomic E-state index is 0.0292. The predicted molar refractivity (Wildman–Crippen MR) is 85.5 cm³/mol. The quantitative estimate of drug-likeness (QED) is 0.786. The second-order valence-corrected chi connectivity index (χ2v) is 6.92. The van der Waals surface area contributed by atoms with Crippen molar-refractivity contribution in [1.82, 2.24) is 15.5 Å². The van der Waals surface area contributed by atoms with Crippen molar-refractivity contribution in [3.63, 3.8) is 0 Å². The van der Waals surface area contributed by atoms with Crippen LogP contribution in [0.25, 0.3) is 11.5 Å². The zero-order chi connectivity index (χ0) is 18.8. The largest absolute Gasteiger partial charge is 0.444 e. The van der Waals surface area contributed by atoms with E-state index in [0.29, 0.717) is 5.56 Å². The number of amides is 1. The minimum Gasteiger partial charge on any atom is -0.444 e. The fraction of sp³-hybridized carbons (Fsp3) is 0.400. The maximum absolute atomic E-state index is 12.7. The first-order chi connectivity index (χ1) is 11.5. The molecule has 0 saturated carbocycles. The number of hydrogen-bond donors (Lipinski definition) is 1. The van der Waals surface area contributed by atoms with Gasteiger partial charge in [0.2, 0.25) is 0 Å². The Morgan fingerprint density at radius 3 is 2.56 bits per heavy atom. The number of halogens is 4. The number of carbonyl (C=O) groups is 1. The van der Waals surface area contributed by atoms with Crippen molar-refractivity contribution in [2.75, 3.05) is 0 Å². The van der Waals surface area contributed by atoms with Gasteiger partial charge in [-0.1, -0.05) is 5.16 Å². The first kappa shape index (κ1) is 19.2. The Balaban J connectivity index is 2.08. The molecule has 0 unspecified atom stereocenters. The number of benzene rings is 1. The number of alkyl carbamates (subject to hydrolysis) is 1. The van der Waals surface area contributed by atoms with E-state index >= 15 is 0 Å². The standard InChI is InChI=1S/C15H15BrF3N3O3/c1-14(2,3)24-13(23)20-7-11-21-12(25-22-11)9-5-4-8(6-10(9)16)15(17,18)19/h4-6H,7H2,1-3H3,(H,20,23). The number of nitrogens with zero attached hydrogens (tertiary/aromatic N) is 2. The summed E-state index contributed by atoms with van der Waals surface area (Å²) in [5, 5.41) is 6.13. The van der Waals surface area contributed by atoms with Gasteiger partial charge in [0, 0.05) is 4.47 Å². The van der Waals surface area contributed by atoms with Crippen molar-refractivity contribution in [2.45, 2.75) is 39.1 Å². The van der Waals surface area contributed by atoms with Gasteiger partial charge >= 0.3 is 12.3 Å². The third-order valence-electron chi connectivity index (χ3n) is 2.78. The second kappa shape index (κ2) is 7.03. The van der Waals surface area contributed by atoms with Crippen LogP contribution >= 0.6 is 15.9 Å². The van der Waals surface area contributed by atoms with E-state index in [1.807, 2.05) is 0 Å². The maximum Gasteiger partial charge on any atom is 0.416 e. The van der Waals surface area contributed by atoms with E-state index in [2.05, 4.69) is 31.4 Å². The normalized spacial score (nSPS) is 12.1. The van der Waals surface area contributed by atoms with Crippen molar-refractivity contribution in [3.8, 4) is 11.5 Å². The van der Waals surface area contributed by atoms with E-state index in [9.17, 15) is 18.0 Å². The molecule has 6 nitrogen and oxygen atoms in total. The SMILES string of the molecule is CC(C)(C)OC(=O)NCc1noc(-c2ccc(C(F)(F)F)cc2Br)n1. The Morgan fingerprint density at radius 1 is 1.32 bits per heavy atom.